The number of halogens is 1. The van der Waals surface area contributed by atoms with Crippen LogP contribution in [-0.4, -0.2) is 20.5 Å². The Bertz CT molecular complexity index is 1110. The van der Waals surface area contributed by atoms with Crippen LogP contribution in [0, 0.1) is 0 Å². The number of imidazole rings is 1. The number of hydrogen-bond donors (Lipinski definition) is 1. The molecule has 0 saturated carbocycles. The van der Waals surface area contributed by atoms with E-state index in [9.17, 15) is 9.90 Å². The second-order valence-corrected chi connectivity index (χ2v) is 6.27. The lowest BCUT2D eigenvalue weighted by Crippen LogP contribution is -2.33. The first-order valence-corrected chi connectivity index (χ1v) is 8.61. The van der Waals surface area contributed by atoms with Gasteiger partial charge in [0.05, 0.1) is 6.20 Å². The first-order chi connectivity index (χ1) is 13.1. The Labute approximate surface area is 159 Å². The molecule has 3 heterocycles. The summed E-state index contributed by atoms with van der Waals surface area (Å²) in [5.41, 5.74) is 1.53. The van der Waals surface area contributed by atoms with Crippen molar-refractivity contribution in [3.05, 3.63) is 89.5 Å². The van der Waals surface area contributed by atoms with E-state index in [0.29, 0.717) is 23.1 Å². The minimum absolute atomic E-state index is 0.0522. The van der Waals surface area contributed by atoms with Gasteiger partial charge in [0.2, 0.25) is 0 Å². The van der Waals surface area contributed by atoms with Crippen LogP contribution in [0.25, 0.3) is 5.65 Å². The molecule has 27 heavy (non-hydrogen) atoms. The van der Waals surface area contributed by atoms with E-state index in [1.165, 1.54) is 0 Å². The predicted octanol–water partition coefficient (Wildman–Crippen LogP) is 3.25. The Balaban J connectivity index is 1.76. The minimum atomic E-state index is -0.645. The van der Waals surface area contributed by atoms with Crippen LogP contribution in [-0.2, 0) is 6.54 Å². The number of ether oxygens (including phenoxy) is 1. The van der Waals surface area contributed by atoms with E-state index in [4.69, 9.17) is 16.3 Å². The highest BCUT2D eigenvalue weighted by Gasteiger charge is 2.32. The SMILES string of the molecule is O=C(Oc1ccccc1)c1c(O)[n+](Cc2ccc(Cl)nc2)c2ccccn12. The van der Waals surface area contributed by atoms with Crippen LogP contribution < -0.4 is 9.30 Å². The molecule has 0 amide bonds. The molecule has 6 nitrogen and oxygen atoms in total. The molecule has 0 aliphatic rings. The van der Waals surface area contributed by atoms with E-state index in [1.54, 1.807) is 57.8 Å². The lowest BCUT2D eigenvalue weighted by Gasteiger charge is -2.01. The maximum Gasteiger partial charge on any atom is 0.392 e. The summed E-state index contributed by atoms with van der Waals surface area (Å²) in [6.45, 7) is 0.322. The van der Waals surface area contributed by atoms with Gasteiger partial charge in [-0.3, -0.25) is 0 Å². The van der Waals surface area contributed by atoms with Gasteiger partial charge in [-0.25, -0.2) is 9.78 Å². The molecule has 7 heteroatoms. The summed E-state index contributed by atoms with van der Waals surface area (Å²) in [6.07, 6.45) is 3.33. The van der Waals surface area contributed by atoms with Gasteiger partial charge in [-0.15, -0.1) is 0 Å². The van der Waals surface area contributed by atoms with Crippen LogP contribution in [0.15, 0.2) is 73.1 Å². The number of benzene rings is 1. The molecule has 0 aliphatic heterocycles. The lowest BCUT2D eigenvalue weighted by molar-refractivity contribution is -0.668. The van der Waals surface area contributed by atoms with Crippen molar-refractivity contribution in [1.82, 2.24) is 9.38 Å². The maximum atomic E-state index is 12.7. The molecular formula is C20H15ClN3O3+. The quantitative estimate of drug-likeness (QED) is 0.255. The van der Waals surface area contributed by atoms with E-state index < -0.39 is 5.97 Å². The number of aromatic hydroxyl groups is 1. The summed E-state index contributed by atoms with van der Waals surface area (Å²) in [4.78, 5) is 16.8. The zero-order valence-electron chi connectivity index (χ0n) is 14.1. The van der Waals surface area contributed by atoms with Crippen LogP contribution in [0.4, 0.5) is 0 Å². The van der Waals surface area contributed by atoms with E-state index in [-0.39, 0.29) is 11.6 Å². The molecule has 1 N–H and O–H groups in total. The van der Waals surface area contributed by atoms with Crippen LogP contribution in [0.5, 0.6) is 11.6 Å². The first-order valence-electron chi connectivity index (χ1n) is 8.23. The second-order valence-electron chi connectivity index (χ2n) is 5.88. The zero-order valence-corrected chi connectivity index (χ0v) is 14.9. The molecule has 0 unspecified atom stereocenters. The fourth-order valence-electron chi connectivity index (χ4n) is 2.86. The van der Waals surface area contributed by atoms with E-state index >= 15 is 0 Å². The summed E-state index contributed by atoms with van der Waals surface area (Å²) in [7, 11) is 0. The third kappa shape index (κ3) is 3.35. The second kappa shape index (κ2) is 7.09. The highest BCUT2D eigenvalue weighted by Crippen LogP contribution is 2.20. The number of nitrogens with zero attached hydrogens (tertiary/aromatic N) is 3. The van der Waals surface area contributed by atoms with Gasteiger partial charge in [-0.05, 0) is 24.3 Å². The number of fused-ring (bicyclic) bond motifs is 1. The molecule has 0 radical (unpaired) electrons. The van der Waals surface area contributed by atoms with Crippen molar-refractivity contribution in [3.63, 3.8) is 0 Å². The Hall–Kier alpha value is -3.38. The molecule has 0 aliphatic carbocycles. The van der Waals surface area contributed by atoms with Crippen LogP contribution >= 0.6 is 11.6 Å². The normalized spacial score (nSPS) is 10.9. The van der Waals surface area contributed by atoms with Gasteiger partial charge in [0.1, 0.15) is 17.4 Å². The highest BCUT2D eigenvalue weighted by molar-refractivity contribution is 6.29. The van der Waals surface area contributed by atoms with Crippen LogP contribution in [0.1, 0.15) is 16.1 Å². The number of rotatable bonds is 4. The van der Waals surface area contributed by atoms with Gasteiger partial charge in [-0.2, -0.15) is 8.97 Å². The maximum absolute atomic E-state index is 12.7. The third-order valence-corrected chi connectivity index (χ3v) is 4.32. The molecule has 4 rings (SSSR count). The smallest absolute Gasteiger partial charge is 0.392 e. The minimum Gasteiger partial charge on any atom is -0.474 e. The van der Waals surface area contributed by atoms with Crippen molar-refractivity contribution in [2.24, 2.45) is 0 Å². The third-order valence-electron chi connectivity index (χ3n) is 4.10. The van der Waals surface area contributed by atoms with E-state index in [1.807, 2.05) is 24.3 Å². The van der Waals surface area contributed by atoms with Crippen LogP contribution in [0.2, 0.25) is 5.15 Å². The number of pyridine rings is 2. The summed E-state index contributed by atoms with van der Waals surface area (Å²) in [5.74, 6) is -0.425. The Morgan fingerprint density at radius 1 is 1.11 bits per heavy atom. The Morgan fingerprint density at radius 3 is 2.63 bits per heavy atom. The Morgan fingerprint density at radius 2 is 1.89 bits per heavy atom. The van der Waals surface area contributed by atoms with Crippen molar-refractivity contribution in [3.8, 4) is 11.6 Å². The van der Waals surface area contributed by atoms with Gasteiger partial charge in [-0.1, -0.05) is 41.9 Å². The van der Waals surface area contributed by atoms with Gasteiger partial charge >= 0.3 is 17.5 Å². The highest BCUT2D eigenvalue weighted by atomic mass is 35.5. The molecule has 1 aromatic carbocycles. The molecule has 0 spiro atoms. The largest absolute Gasteiger partial charge is 0.474 e. The van der Waals surface area contributed by atoms with Gasteiger partial charge in [0.25, 0.3) is 5.65 Å². The van der Waals surface area contributed by atoms with Crippen molar-refractivity contribution in [2.75, 3.05) is 0 Å². The topological polar surface area (TPSA) is 67.7 Å². The Kier molecular flexibility index (Phi) is 4.48. The predicted molar refractivity (Wildman–Crippen MR) is 99.0 cm³/mol. The number of carbonyl (C=O) groups is 1. The van der Waals surface area contributed by atoms with E-state index in [0.717, 1.165) is 5.56 Å². The molecule has 0 fully saturated rings. The van der Waals surface area contributed by atoms with Crippen molar-refractivity contribution in [2.45, 2.75) is 6.54 Å². The average molecular weight is 381 g/mol. The number of para-hydroxylation sites is 1. The summed E-state index contributed by atoms with van der Waals surface area (Å²) in [6, 6.07) is 17.6. The monoisotopic (exact) mass is 380 g/mol. The fourth-order valence-corrected chi connectivity index (χ4v) is 2.97. The lowest BCUT2D eigenvalue weighted by atomic mass is 10.3. The summed E-state index contributed by atoms with van der Waals surface area (Å²) in [5, 5.41) is 11.2. The molecular weight excluding hydrogens is 366 g/mol. The standard InChI is InChI=1S/C20H14ClN3O3/c21-16-10-9-14(12-22-16)13-24-17-8-4-5-11-23(17)18(19(24)25)20(26)27-15-6-2-1-3-7-15/h1-12H,13H2/p+1. The van der Waals surface area contributed by atoms with E-state index in [2.05, 4.69) is 4.98 Å². The molecule has 3 aromatic heterocycles. The van der Waals surface area contributed by atoms with Gasteiger partial charge in [0, 0.05) is 17.8 Å². The number of carbonyl (C=O) groups excluding carboxylic acids is 1. The van der Waals surface area contributed by atoms with Crippen molar-refractivity contribution >= 4 is 23.2 Å². The molecule has 4 aromatic rings. The molecule has 134 valence electrons. The van der Waals surface area contributed by atoms with Gasteiger partial charge < -0.3 is 9.84 Å². The number of esters is 1. The van der Waals surface area contributed by atoms with Crippen molar-refractivity contribution in [1.29, 1.82) is 0 Å². The average Bonchev–Trinajstić information content (AvgIpc) is 2.96. The number of hydrogen-bond acceptors (Lipinski definition) is 4. The van der Waals surface area contributed by atoms with Crippen LogP contribution in [0.3, 0.4) is 0 Å². The first kappa shape index (κ1) is 17.1. The molecule has 0 atom stereocenters. The summed E-state index contributed by atoms with van der Waals surface area (Å²) >= 11 is 5.83. The fraction of sp³-hybridized carbons (Fsp3) is 0.0500. The number of aromatic nitrogens is 3. The summed E-state index contributed by atoms with van der Waals surface area (Å²) < 4.78 is 8.62. The van der Waals surface area contributed by atoms with Gasteiger partial charge in [0.15, 0.2) is 0 Å². The molecule has 0 saturated heterocycles. The zero-order chi connectivity index (χ0) is 18.8. The van der Waals surface area contributed by atoms with Crippen molar-refractivity contribution < 1.29 is 19.2 Å². The molecule has 0 bridgehead atoms.